The number of rotatable bonds is 7. The standard InChI is InChI=1S/C13H22N2/c1-2-12(10-14)8-9-15-11-13-6-4-3-5-7-13/h3-7,12,15H,2,8-11,14H2,1H3. The van der Waals surface area contributed by atoms with Gasteiger partial charge in [-0.2, -0.15) is 0 Å². The molecule has 1 aromatic carbocycles. The summed E-state index contributed by atoms with van der Waals surface area (Å²) in [4.78, 5) is 0. The van der Waals surface area contributed by atoms with Crippen LogP contribution in [0.1, 0.15) is 25.3 Å². The summed E-state index contributed by atoms with van der Waals surface area (Å²) in [6.45, 7) is 5.03. The first-order valence-electron chi connectivity index (χ1n) is 5.81. The lowest BCUT2D eigenvalue weighted by Gasteiger charge is -2.12. The van der Waals surface area contributed by atoms with Gasteiger partial charge in [0.2, 0.25) is 0 Å². The predicted molar refractivity (Wildman–Crippen MR) is 65.6 cm³/mol. The molecule has 0 amide bonds. The quantitative estimate of drug-likeness (QED) is 0.671. The van der Waals surface area contributed by atoms with Gasteiger partial charge in [0.1, 0.15) is 0 Å². The normalized spacial score (nSPS) is 12.7. The Bertz CT molecular complexity index is 242. The highest BCUT2D eigenvalue weighted by Crippen LogP contribution is 2.04. The second-order valence-electron chi connectivity index (χ2n) is 3.96. The third-order valence-corrected chi connectivity index (χ3v) is 2.81. The maximum Gasteiger partial charge on any atom is 0.0205 e. The Labute approximate surface area is 92.9 Å². The first kappa shape index (κ1) is 12.2. The minimum atomic E-state index is 0.674. The summed E-state index contributed by atoms with van der Waals surface area (Å²) >= 11 is 0. The van der Waals surface area contributed by atoms with Crippen molar-refractivity contribution in [3.05, 3.63) is 35.9 Å². The first-order chi connectivity index (χ1) is 7.36. The largest absolute Gasteiger partial charge is 0.330 e. The van der Waals surface area contributed by atoms with Gasteiger partial charge in [0.25, 0.3) is 0 Å². The maximum atomic E-state index is 5.65. The molecule has 1 aromatic rings. The predicted octanol–water partition coefficient (Wildman–Crippen LogP) is 2.15. The molecule has 0 bridgehead atoms. The van der Waals surface area contributed by atoms with Crippen LogP contribution >= 0.6 is 0 Å². The van der Waals surface area contributed by atoms with Gasteiger partial charge in [0.05, 0.1) is 0 Å². The summed E-state index contributed by atoms with van der Waals surface area (Å²) in [7, 11) is 0. The van der Waals surface area contributed by atoms with Gasteiger partial charge in [-0.1, -0.05) is 43.7 Å². The summed E-state index contributed by atoms with van der Waals surface area (Å²) in [5, 5.41) is 3.45. The van der Waals surface area contributed by atoms with Crippen molar-refractivity contribution < 1.29 is 0 Å². The van der Waals surface area contributed by atoms with Crippen molar-refractivity contribution in [3.8, 4) is 0 Å². The second-order valence-corrected chi connectivity index (χ2v) is 3.96. The van der Waals surface area contributed by atoms with E-state index in [1.807, 2.05) is 6.07 Å². The van der Waals surface area contributed by atoms with E-state index in [1.54, 1.807) is 0 Å². The van der Waals surface area contributed by atoms with Crippen molar-refractivity contribution in [1.29, 1.82) is 0 Å². The van der Waals surface area contributed by atoms with Crippen molar-refractivity contribution in [2.75, 3.05) is 13.1 Å². The van der Waals surface area contributed by atoms with Crippen molar-refractivity contribution in [2.24, 2.45) is 11.7 Å². The third-order valence-electron chi connectivity index (χ3n) is 2.81. The minimum Gasteiger partial charge on any atom is -0.330 e. The second kappa shape index (κ2) is 7.43. The molecule has 0 saturated carbocycles. The topological polar surface area (TPSA) is 38.0 Å². The van der Waals surface area contributed by atoms with E-state index in [0.29, 0.717) is 5.92 Å². The van der Waals surface area contributed by atoms with Crippen LogP contribution in [0.15, 0.2) is 30.3 Å². The van der Waals surface area contributed by atoms with Gasteiger partial charge < -0.3 is 11.1 Å². The molecule has 2 heteroatoms. The van der Waals surface area contributed by atoms with Gasteiger partial charge in [-0.15, -0.1) is 0 Å². The fourth-order valence-electron chi connectivity index (χ4n) is 1.62. The Kier molecular flexibility index (Phi) is 6.05. The van der Waals surface area contributed by atoms with Crippen LogP contribution < -0.4 is 11.1 Å². The van der Waals surface area contributed by atoms with Crippen molar-refractivity contribution in [1.82, 2.24) is 5.32 Å². The van der Waals surface area contributed by atoms with Crippen molar-refractivity contribution in [3.63, 3.8) is 0 Å². The highest BCUT2D eigenvalue weighted by atomic mass is 14.8. The maximum absolute atomic E-state index is 5.65. The molecule has 15 heavy (non-hydrogen) atoms. The average molecular weight is 206 g/mol. The number of nitrogens with one attached hydrogen (secondary N) is 1. The van der Waals surface area contributed by atoms with Crippen LogP contribution in [0.25, 0.3) is 0 Å². The van der Waals surface area contributed by atoms with E-state index in [1.165, 1.54) is 18.4 Å². The lowest BCUT2D eigenvalue weighted by atomic mass is 10.0. The van der Waals surface area contributed by atoms with Crippen LogP contribution in [0.2, 0.25) is 0 Å². The highest BCUT2D eigenvalue weighted by Gasteiger charge is 2.02. The highest BCUT2D eigenvalue weighted by molar-refractivity contribution is 5.14. The van der Waals surface area contributed by atoms with Crippen LogP contribution in [-0.4, -0.2) is 13.1 Å². The molecule has 0 aromatic heterocycles. The van der Waals surface area contributed by atoms with E-state index in [9.17, 15) is 0 Å². The molecule has 0 fully saturated rings. The molecule has 0 saturated heterocycles. The summed E-state index contributed by atoms with van der Waals surface area (Å²) in [5.41, 5.74) is 6.99. The average Bonchev–Trinajstić information content (AvgIpc) is 2.31. The third kappa shape index (κ3) is 4.96. The number of hydrogen-bond donors (Lipinski definition) is 2. The zero-order valence-corrected chi connectivity index (χ0v) is 9.58. The van der Waals surface area contributed by atoms with E-state index < -0.39 is 0 Å². The lowest BCUT2D eigenvalue weighted by molar-refractivity contribution is 0.460. The number of nitrogens with two attached hydrogens (primary N) is 1. The first-order valence-corrected chi connectivity index (χ1v) is 5.81. The van der Waals surface area contributed by atoms with Gasteiger partial charge in [-0.25, -0.2) is 0 Å². The van der Waals surface area contributed by atoms with Crippen LogP contribution in [0.3, 0.4) is 0 Å². The molecular formula is C13H22N2. The SMILES string of the molecule is CCC(CN)CCNCc1ccccc1. The smallest absolute Gasteiger partial charge is 0.0205 e. The molecule has 0 aliphatic rings. The van der Waals surface area contributed by atoms with E-state index in [4.69, 9.17) is 5.73 Å². The molecule has 1 atom stereocenters. The van der Waals surface area contributed by atoms with E-state index in [0.717, 1.165) is 19.6 Å². The molecule has 0 aliphatic carbocycles. The van der Waals surface area contributed by atoms with E-state index in [2.05, 4.69) is 36.5 Å². The van der Waals surface area contributed by atoms with Gasteiger partial charge >= 0.3 is 0 Å². The molecule has 84 valence electrons. The fraction of sp³-hybridized carbons (Fsp3) is 0.538. The molecule has 0 spiro atoms. The van der Waals surface area contributed by atoms with Crippen LogP contribution in [0, 0.1) is 5.92 Å². The van der Waals surface area contributed by atoms with E-state index in [-0.39, 0.29) is 0 Å². The van der Waals surface area contributed by atoms with Crippen LogP contribution in [0.5, 0.6) is 0 Å². The molecule has 0 aliphatic heterocycles. The van der Waals surface area contributed by atoms with E-state index >= 15 is 0 Å². The Morgan fingerprint density at radius 1 is 1.27 bits per heavy atom. The van der Waals surface area contributed by atoms with Crippen molar-refractivity contribution in [2.45, 2.75) is 26.3 Å². The Morgan fingerprint density at radius 2 is 2.00 bits per heavy atom. The summed E-state index contributed by atoms with van der Waals surface area (Å²) < 4.78 is 0. The molecule has 0 radical (unpaired) electrons. The Balaban J connectivity index is 2.12. The fourth-order valence-corrected chi connectivity index (χ4v) is 1.62. The van der Waals surface area contributed by atoms with Gasteiger partial charge in [0, 0.05) is 6.54 Å². The number of benzene rings is 1. The molecule has 0 heterocycles. The molecule has 2 nitrogen and oxygen atoms in total. The summed E-state index contributed by atoms with van der Waals surface area (Å²) in [6, 6.07) is 10.5. The van der Waals surface area contributed by atoms with Crippen LogP contribution in [-0.2, 0) is 6.54 Å². The summed E-state index contributed by atoms with van der Waals surface area (Å²) in [5.74, 6) is 0.674. The van der Waals surface area contributed by atoms with Crippen LogP contribution in [0.4, 0.5) is 0 Å². The zero-order valence-electron chi connectivity index (χ0n) is 9.58. The minimum absolute atomic E-state index is 0.674. The number of hydrogen-bond acceptors (Lipinski definition) is 2. The summed E-state index contributed by atoms with van der Waals surface area (Å²) in [6.07, 6.45) is 2.36. The van der Waals surface area contributed by atoms with Gasteiger partial charge in [-0.05, 0) is 31.0 Å². The van der Waals surface area contributed by atoms with Gasteiger partial charge in [0.15, 0.2) is 0 Å². The Morgan fingerprint density at radius 3 is 2.60 bits per heavy atom. The zero-order chi connectivity index (χ0) is 10.9. The van der Waals surface area contributed by atoms with Crippen molar-refractivity contribution >= 4 is 0 Å². The lowest BCUT2D eigenvalue weighted by Crippen LogP contribution is -2.21. The molecular weight excluding hydrogens is 184 g/mol. The molecule has 1 rings (SSSR count). The Hall–Kier alpha value is -0.860. The molecule has 3 N–H and O–H groups in total. The van der Waals surface area contributed by atoms with Gasteiger partial charge in [-0.3, -0.25) is 0 Å². The monoisotopic (exact) mass is 206 g/mol. The molecule has 1 unspecified atom stereocenters.